The fourth-order valence-corrected chi connectivity index (χ4v) is 3.24. The molecular formula is C22H21NO4. The smallest absolute Gasteiger partial charge is 0.343 e. The van der Waals surface area contributed by atoms with E-state index < -0.39 is 17.7 Å². The number of allylic oxidation sites excluding steroid dienone is 1. The van der Waals surface area contributed by atoms with Gasteiger partial charge in [0.1, 0.15) is 11.5 Å². The monoisotopic (exact) mass is 363 g/mol. The van der Waals surface area contributed by atoms with Crippen LogP contribution in [0.1, 0.15) is 30.9 Å². The quantitative estimate of drug-likeness (QED) is 0.465. The summed E-state index contributed by atoms with van der Waals surface area (Å²) in [6.45, 7) is 3.74. The molecule has 0 N–H and O–H groups in total. The predicted octanol–water partition coefficient (Wildman–Crippen LogP) is 3.22. The molecule has 1 heterocycles. The second kappa shape index (κ2) is 7.99. The molecule has 0 spiro atoms. The first kappa shape index (κ1) is 18.6. The normalized spacial score (nSPS) is 17.3. The number of nitrogens with zero attached hydrogens (tertiary/aromatic N) is 1. The van der Waals surface area contributed by atoms with Gasteiger partial charge < -0.3 is 9.64 Å². The number of hydrogen-bond acceptors (Lipinski definition) is 4. The van der Waals surface area contributed by atoms with Gasteiger partial charge in [-0.1, -0.05) is 60.7 Å². The lowest BCUT2D eigenvalue weighted by atomic mass is 9.85. The SMILES string of the molecule is CCOC(=O)C1=C(C)N(Cc2ccccc2)C(=O)C(c2ccccc2)C1=O. The molecule has 2 aromatic carbocycles. The van der Waals surface area contributed by atoms with Crippen LogP contribution in [-0.2, 0) is 25.7 Å². The van der Waals surface area contributed by atoms with Crippen LogP contribution in [0.2, 0.25) is 0 Å². The largest absolute Gasteiger partial charge is 0.462 e. The summed E-state index contributed by atoms with van der Waals surface area (Å²) in [5.74, 6) is -2.57. The van der Waals surface area contributed by atoms with Crippen molar-refractivity contribution >= 4 is 17.7 Å². The van der Waals surface area contributed by atoms with Gasteiger partial charge in [-0.2, -0.15) is 0 Å². The maximum atomic E-state index is 13.2. The second-order valence-electron chi connectivity index (χ2n) is 6.30. The van der Waals surface area contributed by atoms with E-state index in [0.29, 0.717) is 11.3 Å². The molecule has 1 atom stereocenters. The van der Waals surface area contributed by atoms with E-state index in [0.717, 1.165) is 5.56 Å². The van der Waals surface area contributed by atoms with E-state index in [9.17, 15) is 14.4 Å². The Hall–Kier alpha value is -3.21. The van der Waals surface area contributed by atoms with Crippen molar-refractivity contribution in [3.8, 4) is 0 Å². The Balaban J connectivity index is 2.08. The molecule has 5 nitrogen and oxygen atoms in total. The third-order valence-corrected chi connectivity index (χ3v) is 4.58. The standard InChI is InChI=1S/C22H21NO4/c1-3-27-22(26)18-15(2)23(14-16-10-6-4-7-11-16)21(25)19(20(18)24)17-12-8-5-9-13-17/h4-13,19H,3,14H2,1-2H3. The average Bonchev–Trinajstić information content (AvgIpc) is 2.67. The molecule has 0 radical (unpaired) electrons. The molecule has 1 amide bonds. The maximum Gasteiger partial charge on any atom is 0.343 e. The number of hydrogen-bond donors (Lipinski definition) is 0. The Morgan fingerprint density at radius 3 is 2.19 bits per heavy atom. The fourth-order valence-electron chi connectivity index (χ4n) is 3.24. The lowest BCUT2D eigenvalue weighted by molar-refractivity contribution is -0.143. The number of ether oxygens (including phenoxy) is 1. The number of ketones is 1. The van der Waals surface area contributed by atoms with Gasteiger partial charge in [-0.05, 0) is 25.0 Å². The molecule has 138 valence electrons. The minimum Gasteiger partial charge on any atom is -0.462 e. The molecule has 0 fully saturated rings. The van der Waals surface area contributed by atoms with Crippen LogP contribution in [-0.4, -0.2) is 29.2 Å². The maximum absolute atomic E-state index is 13.2. The molecule has 3 rings (SSSR count). The summed E-state index contributed by atoms with van der Waals surface area (Å²) in [5, 5.41) is 0. The zero-order valence-corrected chi connectivity index (χ0v) is 15.3. The Bertz CT molecular complexity index is 887. The van der Waals surface area contributed by atoms with Gasteiger partial charge in [-0.3, -0.25) is 9.59 Å². The molecule has 0 aromatic heterocycles. The summed E-state index contributed by atoms with van der Waals surface area (Å²) in [6, 6.07) is 18.3. The molecule has 27 heavy (non-hydrogen) atoms. The molecule has 0 saturated heterocycles. The summed E-state index contributed by atoms with van der Waals surface area (Å²) in [7, 11) is 0. The first-order valence-electron chi connectivity index (χ1n) is 8.87. The summed E-state index contributed by atoms with van der Waals surface area (Å²) < 4.78 is 5.08. The van der Waals surface area contributed by atoms with Crippen LogP contribution in [0.5, 0.6) is 0 Å². The topological polar surface area (TPSA) is 63.7 Å². The van der Waals surface area contributed by atoms with Gasteiger partial charge in [0.25, 0.3) is 0 Å². The lowest BCUT2D eigenvalue weighted by Crippen LogP contribution is -2.44. The van der Waals surface area contributed by atoms with Crippen molar-refractivity contribution in [3.63, 3.8) is 0 Å². The van der Waals surface area contributed by atoms with Crippen LogP contribution < -0.4 is 0 Å². The summed E-state index contributed by atoms with van der Waals surface area (Å²) in [4.78, 5) is 40.2. The minimum atomic E-state index is -1.04. The molecule has 5 heteroatoms. The highest BCUT2D eigenvalue weighted by atomic mass is 16.5. The Morgan fingerprint density at radius 1 is 1.00 bits per heavy atom. The highest BCUT2D eigenvalue weighted by Crippen LogP contribution is 2.33. The minimum absolute atomic E-state index is 0.0544. The molecule has 0 saturated carbocycles. The van der Waals surface area contributed by atoms with Gasteiger partial charge >= 0.3 is 5.97 Å². The lowest BCUT2D eigenvalue weighted by Gasteiger charge is -2.33. The van der Waals surface area contributed by atoms with Crippen LogP contribution in [0.4, 0.5) is 0 Å². The van der Waals surface area contributed by atoms with E-state index in [1.54, 1.807) is 38.1 Å². The number of rotatable bonds is 5. The highest BCUT2D eigenvalue weighted by Gasteiger charge is 2.43. The summed E-state index contributed by atoms with van der Waals surface area (Å²) >= 11 is 0. The number of benzene rings is 2. The number of carbonyl (C=O) groups is 3. The van der Waals surface area contributed by atoms with E-state index in [4.69, 9.17) is 4.74 Å². The molecule has 0 bridgehead atoms. The molecule has 1 unspecified atom stereocenters. The Kier molecular flexibility index (Phi) is 5.50. The van der Waals surface area contributed by atoms with Crippen molar-refractivity contribution in [3.05, 3.63) is 83.1 Å². The van der Waals surface area contributed by atoms with Gasteiger partial charge in [0.15, 0.2) is 5.78 Å². The third-order valence-electron chi connectivity index (χ3n) is 4.58. The highest BCUT2D eigenvalue weighted by molar-refractivity contribution is 6.28. The van der Waals surface area contributed by atoms with Gasteiger partial charge in [-0.25, -0.2) is 4.79 Å². The van der Waals surface area contributed by atoms with E-state index in [2.05, 4.69) is 0 Å². The Morgan fingerprint density at radius 2 is 1.59 bits per heavy atom. The van der Waals surface area contributed by atoms with Crippen LogP contribution in [0.25, 0.3) is 0 Å². The van der Waals surface area contributed by atoms with Crippen molar-refractivity contribution in [1.29, 1.82) is 0 Å². The van der Waals surface area contributed by atoms with Crippen molar-refractivity contribution < 1.29 is 19.1 Å². The molecule has 1 aliphatic rings. The van der Waals surface area contributed by atoms with Crippen molar-refractivity contribution in [1.82, 2.24) is 4.90 Å². The van der Waals surface area contributed by atoms with E-state index in [-0.39, 0.29) is 24.6 Å². The summed E-state index contributed by atoms with van der Waals surface area (Å²) in [5.41, 5.74) is 1.76. The van der Waals surface area contributed by atoms with Crippen LogP contribution in [0.3, 0.4) is 0 Å². The van der Waals surface area contributed by atoms with Crippen molar-refractivity contribution in [2.75, 3.05) is 6.61 Å². The van der Waals surface area contributed by atoms with E-state index in [1.165, 1.54) is 4.90 Å². The van der Waals surface area contributed by atoms with Crippen LogP contribution in [0, 0.1) is 0 Å². The van der Waals surface area contributed by atoms with Crippen molar-refractivity contribution in [2.45, 2.75) is 26.3 Å². The second-order valence-corrected chi connectivity index (χ2v) is 6.30. The number of esters is 1. The first-order chi connectivity index (χ1) is 13.0. The first-order valence-corrected chi connectivity index (χ1v) is 8.87. The van der Waals surface area contributed by atoms with Crippen molar-refractivity contribution in [2.24, 2.45) is 0 Å². The molecular weight excluding hydrogens is 342 g/mol. The van der Waals surface area contributed by atoms with Gasteiger partial charge in [-0.15, -0.1) is 0 Å². The van der Waals surface area contributed by atoms with Crippen LogP contribution in [0.15, 0.2) is 71.9 Å². The fraction of sp³-hybridized carbons (Fsp3) is 0.227. The zero-order valence-electron chi connectivity index (χ0n) is 15.3. The van der Waals surface area contributed by atoms with E-state index in [1.807, 2.05) is 36.4 Å². The molecule has 0 aliphatic carbocycles. The number of carbonyl (C=O) groups excluding carboxylic acids is 3. The van der Waals surface area contributed by atoms with Gasteiger partial charge in [0, 0.05) is 5.70 Å². The predicted molar refractivity (Wildman–Crippen MR) is 101 cm³/mol. The summed E-state index contributed by atoms with van der Waals surface area (Å²) in [6.07, 6.45) is 0. The molecule has 1 aliphatic heterocycles. The number of Topliss-reactive ketones (excluding diaryl/α,β-unsaturated/α-hetero) is 1. The molecule has 2 aromatic rings. The average molecular weight is 363 g/mol. The number of amides is 1. The van der Waals surface area contributed by atoms with E-state index >= 15 is 0 Å². The zero-order chi connectivity index (χ0) is 19.4. The van der Waals surface area contributed by atoms with Gasteiger partial charge in [0.2, 0.25) is 5.91 Å². The third kappa shape index (κ3) is 3.67. The Labute approximate surface area is 158 Å². The van der Waals surface area contributed by atoms with Crippen LogP contribution >= 0.6 is 0 Å². The van der Waals surface area contributed by atoms with Gasteiger partial charge in [0.05, 0.1) is 13.2 Å².